The van der Waals surface area contributed by atoms with E-state index in [1.807, 2.05) is 6.92 Å². The van der Waals surface area contributed by atoms with E-state index in [2.05, 4.69) is 0 Å². The van der Waals surface area contributed by atoms with E-state index in [0.717, 1.165) is 0 Å². The second-order valence-electron chi connectivity index (χ2n) is 3.64. The van der Waals surface area contributed by atoms with Gasteiger partial charge < -0.3 is 14.2 Å². The Hall–Kier alpha value is -1.36. The fourth-order valence-electron chi connectivity index (χ4n) is 1.62. The number of hydrogen-bond donors (Lipinski definition) is 0. The highest BCUT2D eigenvalue weighted by molar-refractivity contribution is 5.83. The molecule has 0 radical (unpaired) electrons. The van der Waals surface area contributed by atoms with E-state index in [1.165, 1.54) is 19.1 Å². The molecule has 2 rings (SSSR count). The van der Waals surface area contributed by atoms with Crippen LogP contribution in [-0.2, 0) is 23.8 Å². The summed E-state index contributed by atoms with van der Waals surface area (Å²) in [4.78, 5) is 21.9. The first-order valence-corrected chi connectivity index (χ1v) is 4.79. The minimum Gasteiger partial charge on any atom is -0.454 e. The number of hydrogen-bond acceptors (Lipinski definition) is 5. The molecular formula is C10H12O5. The van der Waals surface area contributed by atoms with Gasteiger partial charge in [0.2, 0.25) is 0 Å². The van der Waals surface area contributed by atoms with Gasteiger partial charge in [0.1, 0.15) is 6.10 Å². The standard InChI is InChI=1S/C10H12O5/c1-5-9(13-5)10-7(14-6(2)11)3-4-8(12)15-10/h3-5,7,9-10H,1-2H3/t5-,7-,9+,10+/m1/s1. The summed E-state index contributed by atoms with van der Waals surface area (Å²) in [5.41, 5.74) is 0. The molecule has 0 aromatic heterocycles. The van der Waals surface area contributed by atoms with Gasteiger partial charge in [0, 0.05) is 13.0 Å². The Morgan fingerprint density at radius 3 is 2.67 bits per heavy atom. The van der Waals surface area contributed by atoms with Gasteiger partial charge in [-0.25, -0.2) is 4.79 Å². The molecule has 2 aliphatic rings. The minimum atomic E-state index is -0.532. The van der Waals surface area contributed by atoms with Gasteiger partial charge in [-0.05, 0) is 13.0 Å². The van der Waals surface area contributed by atoms with Gasteiger partial charge in [-0.15, -0.1) is 0 Å². The average Bonchev–Trinajstić information content (AvgIpc) is 2.85. The minimum absolute atomic E-state index is 0.0485. The monoisotopic (exact) mass is 212 g/mol. The molecule has 0 N–H and O–H groups in total. The highest BCUT2D eigenvalue weighted by Crippen LogP contribution is 2.31. The number of rotatable bonds is 2. The van der Waals surface area contributed by atoms with Crippen LogP contribution in [0.1, 0.15) is 13.8 Å². The highest BCUT2D eigenvalue weighted by atomic mass is 16.6. The van der Waals surface area contributed by atoms with Gasteiger partial charge in [-0.3, -0.25) is 4.79 Å². The second kappa shape index (κ2) is 3.66. The summed E-state index contributed by atoms with van der Waals surface area (Å²) in [6, 6.07) is 0. The van der Waals surface area contributed by atoms with E-state index in [9.17, 15) is 9.59 Å². The third-order valence-electron chi connectivity index (χ3n) is 2.38. The topological polar surface area (TPSA) is 65.1 Å². The van der Waals surface area contributed by atoms with Gasteiger partial charge in [0.15, 0.2) is 12.2 Å². The summed E-state index contributed by atoms with van der Waals surface area (Å²) in [6.07, 6.45) is 1.64. The van der Waals surface area contributed by atoms with Gasteiger partial charge in [-0.1, -0.05) is 0 Å². The maximum Gasteiger partial charge on any atom is 0.331 e. The van der Waals surface area contributed by atoms with Gasteiger partial charge in [-0.2, -0.15) is 0 Å². The zero-order valence-corrected chi connectivity index (χ0v) is 8.51. The molecule has 1 saturated heterocycles. The van der Waals surface area contributed by atoms with Crippen LogP contribution in [0.2, 0.25) is 0 Å². The number of ether oxygens (including phenoxy) is 3. The second-order valence-corrected chi connectivity index (χ2v) is 3.64. The van der Waals surface area contributed by atoms with Crippen molar-refractivity contribution in [2.24, 2.45) is 0 Å². The van der Waals surface area contributed by atoms with Crippen molar-refractivity contribution in [1.29, 1.82) is 0 Å². The Labute approximate surface area is 87.0 Å². The number of carbonyl (C=O) groups excluding carboxylic acids is 2. The lowest BCUT2D eigenvalue weighted by Crippen LogP contribution is -2.40. The molecule has 82 valence electrons. The van der Waals surface area contributed by atoms with Crippen molar-refractivity contribution in [3.8, 4) is 0 Å². The van der Waals surface area contributed by atoms with Crippen molar-refractivity contribution in [3.05, 3.63) is 12.2 Å². The fraction of sp³-hybridized carbons (Fsp3) is 0.600. The van der Waals surface area contributed by atoms with Crippen LogP contribution in [0.4, 0.5) is 0 Å². The maximum atomic E-state index is 11.0. The molecule has 2 heterocycles. The molecule has 15 heavy (non-hydrogen) atoms. The van der Waals surface area contributed by atoms with E-state index in [0.29, 0.717) is 0 Å². The van der Waals surface area contributed by atoms with Crippen LogP contribution < -0.4 is 0 Å². The van der Waals surface area contributed by atoms with Crippen LogP contribution >= 0.6 is 0 Å². The van der Waals surface area contributed by atoms with E-state index in [-0.39, 0.29) is 12.2 Å². The summed E-state index contributed by atoms with van der Waals surface area (Å²) in [5, 5.41) is 0. The summed E-state index contributed by atoms with van der Waals surface area (Å²) in [7, 11) is 0. The van der Waals surface area contributed by atoms with Crippen molar-refractivity contribution in [2.45, 2.75) is 38.3 Å². The van der Waals surface area contributed by atoms with E-state index in [4.69, 9.17) is 14.2 Å². The van der Waals surface area contributed by atoms with Crippen LogP contribution in [0, 0.1) is 0 Å². The van der Waals surface area contributed by atoms with Crippen molar-refractivity contribution in [1.82, 2.24) is 0 Å². The molecule has 0 aromatic rings. The Kier molecular flexibility index (Phi) is 2.48. The normalized spacial score (nSPS) is 38.4. The summed E-state index contributed by atoms with van der Waals surface area (Å²) in [6.45, 7) is 3.19. The van der Waals surface area contributed by atoms with Crippen molar-refractivity contribution >= 4 is 11.9 Å². The molecule has 5 heteroatoms. The number of carbonyl (C=O) groups is 2. The number of cyclic esters (lactones) is 1. The van der Waals surface area contributed by atoms with E-state index in [1.54, 1.807) is 0 Å². The molecule has 0 aliphatic carbocycles. The number of epoxide rings is 1. The lowest BCUT2D eigenvalue weighted by molar-refractivity contribution is -0.163. The Balaban J connectivity index is 2.07. The van der Waals surface area contributed by atoms with Gasteiger partial charge >= 0.3 is 11.9 Å². The maximum absolute atomic E-state index is 11.0. The molecule has 2 aliphatic heterocycles. The highest BCUT2D eigenvalue weighted by Gasteiger charge is 2.49. The molecule has 0 bridgehead atoms. The quantitative estimate of drug-likeness (QED) is 0.483. The SMILES string of the molecule is CC(=O)O[C@@H]1C=CC(=O)O[C@@H]1[C@H]1O[C@@H]1C. The predicted molar refractivity (Wildman–Crippen MR) is 48.9 cm³/mol. The van der Waals surface area contributed by atoms with Gasteiger partial charge in [0.05, 0.1) is 6.10 Å². The molecule has 0 saturated carbocycles. The molecular weight excluding hydrogens is 200 g/mol. The summed E-state index contributed by atoms with van der Waals surface area (Å²) >= 11 is 0. The van der Waals surface area contributed by atoms with E-state index < -0.39 is 24.1 Å². The predicted octanol–water partition coefficient (Wildman–Crippen LogP) is 0.187. The third kappa shape index (κ3) is 2.18. The van der Waals surface area contributed by atoms with Crippen molar-refractivity contribution < 1.29 is 23.8 Å². The first-order chi connectivity index (χ1) is 7.08. The molecule has 1 fully saturated rings. The lowest BCUT2D eigenvalue weighted by atomic mass is 10.1. The Morgan fingerprint density at radius 2 is 2.13 bits per heavy atom. The largest absolute Gasteiger partial charge is 0.454 e. The molecule has 4 atom stereocenters. The van der Waals surface area contributed by atoms with Crippen molar-refractivity contribution in [3.63, 3.8) is 0 Å². The average molecular weight is 212 g/mol. The van der Waals surface area contributed by atoms with Crippen LogP contribution in [0.25, 0.3) is 0 Å². The molecule has 5 nitrogen and oxygen atoms in total. The zero-order valence-electron chi connectivity index (χ0n) is 8.51. The smallest absolute Gasteiger partial charge is 0.331 e. The number of esters is 2. The first kappa shape index (κ1) is 10.2. The zero-order chi connectivity index (χ0) is 11.0. The van der Waals surface area contributed by atoms with Crippen LogP contribution in [-0.4, -0.2) is 36.4 Å². The molecule has 0 amide bonds. The molecule has 0 unspecified atom stereocenters. The first-order valence-electron chi connectivity index (χ1n) is 4.79. The summed E-state index contributed by atoms with van der Waals surface area (Å²) < 4.78 is 15.3. The van der Waals surface area contributed by atoms with Crippen molar-refractivity contribution in [2.75, 3.05) is 0 Å². The lowest BCUT2D eigenvalue weighted by Gasteiger charge is -2.25. The van der Waals surface area contributed by atoms with Crippen LogP contribution in [0.5, 0.6) is 0 Å². The van der Waals surface area contributed by atoms with E-state index >= 15 is 0 Å². The van der Waals surface area contributed by atoms with Gasteiger partial charge in [0.25, 0.3) is 0 Å². The van der Waals surface area contributed by atoms with Crippen LogP contribution in [0.3, 0.4) is 0 Å². The molecule has 0 aromatic carbocycles. The summed E-state index contributed by atoms with van der Waals surface area (Å²) in [5.74, 6) is -0.827. The Morgan fingerprint density at radius 1 is 1.47 bits per heavy atom. The Bertz CT molecular complexity index is 322. The third-order valence-corrected chi connectivity index (χ3v) is 2.38. The fourth-order valence-corrected chi connectivity index (χ4v) is 1.62. The van der Waals surface area contributed by atoms with Crippen LogP contribution in [0.15, 0.2) is 12.2 Å². The molecule has 0 spiro atoms.